The third-order valence-electron chi connectivity index (χ3n) is 2.75. The Hall–Kier alpha value is -1.77. The van der Waals surface area contributed by atoms with Crippen molar-refractivity contribution in [3.63, 3.8) is 0 Å². The van der Waals surface area contributed by atoms with E-state index in [2.05, 4.69) is 20.8 Å². The van der Waals surface area contributed by atoms with Gasteiger partial charge >= 0.3 is 0 Å². The molecule has 6 nitrogen and oxygen atoms in total. The molecule has 0 saturated carbocycles. The monoisotopic (exact) mass is 402 g/mol. The van der Waals surface area contributed by atoms with Crippen LogP contribution in [-0.2, 0) is 13.1 Å². The minimum absolute atomic E-state index is 0. The highest BCUT2D eigenvalue weighted by Gasteiger charge is 2.01. The number of aromatic nitrogens is 1. The van der Waals surface area contributed by atoms with Crippen LogP contribution >= 0.6 is 24.0 Å². The molecular formula is C14H19IN4O2. The van der Waals surface area contributed by atoms with Crippen molar-refractivity contribution in [1.29, 1.82) is 0 Å². The smallest absolute Gasteiger partial charge is 0.191 e. The minimum atomic E-state index is 0. The highest BCUT2D eigenvalue weighted by atomic mass is 127. The molecule has 0 atom stereocenters. The Bertz CT molecular complexity index is 558. The van der Waals surface area contributed by atoms with Gasteiger partial charge in [0.25, 0.3) is 0 Å². The standard InChI is InChI=1S/C14H18N4O2.HI/c1-15-14(17-10-12-6-7-20-18-12)16-9-11-4-3-5-13(8-11)19-2;/h3-8H,9-10H2,1-2H3,(H2,15,16,17);1H. The molecule has 114 valence electrons. The number of halogens is 1. The summed E-state index contributed by atoms with van der Waals surface area (Å²) in [4.78, 5) is 4.15. The number of ether oxygens (including phenoxy) is 1. The number of nitrogens with one attached hydrogen (secondary N) is 2. The van der Waals surface area contributed by atoms with Crippen molar-refractivity contribution < 1.29 is 9.26 Å². The van der Waals surface area contributed by atoms with E-state index in [1.807, 2.05) is 30.3 Å². The zero-order valence-corrected chi connectivity index (χ0v) is 14.3. The largest absolute Gasteiger partial charge is 0.497 e. The highest BCUT2D eigenvalue weighted by Crippen LogP contribution is 2.11. The van der Waals surface area contributed by atoms with E-state index in [1.54, 1.807) is 20.4 Å². The van der Waals surface area contributed by atoms with Crippen molar-refractivity contribution >= 4 is 29.9 Å². The lowest BCUT2D eigenvalue weighted by Gasteiger charge is -2.11. The molecule has 1 aromatic carbocycles. The molecule has 0 aliphatic rings. The SMILES string of the molecule is CN=C(NCc1cccc(OC)c1)NCc1ccon1.I. The maximum Gasteiger partial charge on any atom is 0.191 e. The lowest BCUT2D eigenvalue weighted by molar-refractivity contribution is 0.410. The summed E-state index contributed by atoms with van der Waals surface area (Å²) in [6, 6.07) is 9.70. The lowest BCUT2D eigenvalue weighted by atomic mass is 10.2. The Kier molecular flexibility index (Phi) is 7.59. The first-order chi connectivity index (χ1) is 9.81. The molecule has 0 aliphatic carbocycles. The highest BCUT2D eigenvalue weighted by molar-refractivity contribution is 14.0. The predicted molar refractivity (Wildman–Crippen MR) is 92.0 cm³/mol. The zero-order chi connectivity index (χ0) is 14.2. The molecule has 0 amide bonds. The average molecular weight is 402 g/mol. The summed E-state index contributed by atoms with van der Waals surface area (Å²) in [7, 11) is 3.38. The lowest BCUT2D eigenvalue weighted by Crippen LogP contribution is -2.36. The third kappa shape index (κ3) is 5.62. The van der Waals surface area contributed by atoms with Crippen LogP contribution in [0.5, 0.6) is 5.75 Å². The van der Waals surface area contributed by atoms with Crippen molar-refractivity contribution in [3.8, 4) is 5.75 Å². The number of rotatable bonds is 5. The van der Waals surface area contributed by atoms with Crippen molar-refractivity contribution in [3.05, 3.63) is 47.9 Å². The van der Waals surface area contributed by atoms with E-state index in [0.717, 1.165) is 17.0 Å². The number of benzene rings is 1. The van der Waals surface area contributed by atoms with E-state index in [-0.39, 0.29) is 24.0 Å². The molecule has 0 saturated heterocycles. The van der Waals surface area contributed by atoms with Crippen molar-refractivity contribution in [1.82, 2.24) is 15.8 Å². The summed E-state index contributed by atoms with van der Waals surface area (Å²) < 4.78 is 9.96. The average Bonchev–Trinajstić information content (AvgIpc) is 3.01. The molecular weight excluding hydrogens is 383 g/mol. The first-order valence-electron chi connectivity index (χ1n) is 6.28. The van der Waals surface area contributed by atoms with Crippen LogP contribution in [0.1, 0.15) is 11.3 Å². The fraction of sp³-hybridized carbons (Fsp3) is 0.286. The number of hydrogen-bond donors (Lipinski definition) is 2. The number of nitrogens with zero attached hydrogens (tertiary/aromatic N) is 2. The van der Waals surface area contributed by atoms with Gasteiger partial charge in [-0.1, -0.05) is 17.3 Å². The van der Waals surface area contributed by atoms with Gasteiger partial charge in [0.1, 0.15) is 17.7 Å². The van der Waals surface area contributed by atoms with Crippen LogP contribution in [0.3, 0.4) is 0 Å². The van der Waals surface area contributed by atoms with E-state index in [0.29, 0.717) is 19.0 Å². The van der Waals surface area contributed by atoms with Crippen LogP contribution in [-0.4, -0.2) is 25.3 Å². The topological polar surface area (TPSA) is 71.7 Å². The number of guanidine groups is 1. The Morgan fingerprint density at radius 1 is 1.29 bits per heavy atom. The van der Waals surface area contributed by atoms with E-state index in [9.17, 15) is 0 Å². The molecule has 0 spiro atoms. The molecule has 7 heteroatoms. The normalized spacial score (nSPS) is 10.7. The second-order valence-electron chi connectivity index (χ2n) is 4.12. The fourth-order valence-electron chi connectivity index (χ4n) is 1.69. The number of aliphatic imine (C=N–C) groups is 1. The van der Waals surface area contributed by atoms with Crippen molar-refractivity contribution in [2.45, 2.75) is 13.1 Å². The molecule has 1 aromatic heterocycles. The predicted octanol–water partition coefficient (Wildman–Crippen LogP) is 2.17. The van der Waals surface area contributed by atoms with E-state index in [1.165, 1.54) is 0 Å². The zero-order valence-electron chi connectivity index (χ0n) is 12.0. The van der Waals surface area contributed by atoms with Gasteiger partial charge in [0.2, 0.25) is 0 Å². The Balaban J connectivity index is 0.00000220. The summed E-state index contributed by atoms with van der Waals surface area (Å²) in [5.74, 6) is 1.55. The maximum atomic E-state index is 5.19. The van der Waals surface area contributed by atoms with Crippen molar-refractivity contribution in [2.75, 3.05) is 14.2 Å². The summed E-state index contributed by atoms with van der Waals surface area (Å²) >= 11 is 0. The Labute approximate surface area is 141 Å². The minimum Gasteiger partial charge on any atom is -0.497 e. The van der Waals surface area contributed by atoms with Gasteiger partial charge in [-0.05, 0) is 17.7 Å². The molecule has 0 bridgehead atoms. The molecule has 0 unspecified atom stereocenters. The summed E-state index contributed by atoms with van der Waals surface area (Å²) in [6.07, 6.45) is 1.55. The van der Waals surface area contributed by atoms with Crippen LogP contribution in [0.25, 0.3) is 0 Å². The number of hydrogen-bond acceptors (Lipinski definition) is 4. The maximum absolute atomic E-state index is 5.19. The molecule has 21 heavy (non-hydrogen) atoms. The molecule has 1 heterocycles. The summed E-state index contributed by atoms with van der Waals surface area (Å²) in [6.45, 7) is 1.23. The second kappa shape index (κ2) is 9.22. The number of methoxy groups -OCH3 is 1. The van der Waals surface area contributed by atoms with Gasteiger partial charge in [-0.3, -0.25) is 4.99 Å². The second-order valence-corrected chi connectivity index (χ2v) is 4.12. The van der Waals surface area contributed by atoms with Crippen molar-refractivity contribution in [2.24, 2.45) is 4.99 Å². The fourth-order valence-corrected chi connectivity index (χ4v) is 1.69. The van der Waals surface area contributed by atoms with Crippen LogP contribution in [0.15, 0.2) is 46.1 Å². The third-order valence-corrected chi connectivity index (χ3v) is 2.75. The summed E-state index contributed by atoms with van der Waals surface area (Å²) in [5.41, 5.74) is 1.95. The van der Waals surface area contributed by atoms with E-state index < -0.39 is 0 Å². The van der Waals surface area contributed by atoms with E-state index >= 15 is 0 Å². The van der Waals surface area contributed by atoms with Gasteiger partial charge in [-0.2, -0.15) is 0 Å². The van der Waals surface area contributed by atoms with Gasteiger partial charge in [0.05, 0.1) is 13.7 Å². The van der Waals surface area contributed by atoms with Gasteiger partial charge < -0.3 is 19.9 Å². The molecule has 2 aromatic rings. The van der Waals surface area contributed by atoms with Crippen LogP contribution in [0.2, 0.25) is 0 Å². The van der Waals surface area contributed by atoms with Crippen LogP contribution in [0, 0.1) is 0 Å². The Morgan fingerprint density at radius 3 is 2.76 bits per heavy atom. The van der Waals surface area contributed by atoms with Gasteiger partial charge in [0.15, 0.2) is 5.96 Å². The first-order valence-corrected chi connectivity index (χ1v) is 6.28. The molecule has 0 aliphatic heterocycles. The summed E-state index contributed by atoms with van der Waals surface area (Å²) in [5, 5.41) is 10.2. The van der Waals surface area contributed by atoms with Gasteiger partial charge in [-0.15, -0.1) is 24.0 Å². The first kappa shape index (κ1) is 17.3. The van der Waals surface area contributed by atoms with Crippen LogP contribution < -0.4 is 15.4 Å². The quantitative estimate of drug-likeness (QED) is 0.456. The van der Waals surface area contributed by atoms with Gasteiger partial charge in [-0.25, -0.2) is 0 Å². The molecule has 0 radical (unpaired) electrons. The Morgan fingerprint density at radius 2 is 2.10 bits per heavy atom. The molecule has 0 fully saturated rings. The molecule has 2 rings (SSSR count). The van der Waals surface area contributed by atoms with Gasteiger partial charge in [0, 0.05) is 19.7 Å². The molecule has 2 N–H and O–H groups in total. The van der Waals surface area contributed by atoms with E-state index in [4.69, 9.17) is 9.26 Å². The van der Waals surface area contributed by atoms with Crippen LogP contribution in [0.4, 0.5) is 0 Å².